The summed E-state index contributed by atoms with van der Waals surface area (Å²) >= 11 is 7.57. The van der Waals surface area contributed by atoms with Crippen LogP contribution in [0.25, 0.3) is 0 Å². The van der Waals surface area contributed by atoms with Crippen LogP contribution in [-0.2, 0) is 10.0 Å². The van der Waals surface area contributed by atoms with Gasteiger partial charge in [0, 0.05) is 11.0 Å². The van der Waals surface area contributed by atoms with Crippen LogP contribution in [0, 0.1) is 6.92 Å². The summed E-state index contributed by atoms with van der Waals surface area (Å²) in [5.41, 5.74) is 0.915. The second-order valence-corrected chi connectivity index (χ2v) is 8.35. The highest BCUT2D eigenvalue weighted by Gasteiger charge is 2.17. The van der Waals surface area contributed by atoms with Gasteiger partial charge >= 0.3 is 0 Å². The molecule has 0 aliphatic rings. The average Bonchev–Trinajstić information content (AvgIpc) is 2.45. The molecule has 7 heteroatoms. The van der Waals surface area contributed by atoms with E-state index in [9.17, 15) is 8.42 Å². The van der Waals surface area contributed by atoms with Crippen molar-refractivity contribution in [2.45, 2.75) is 11.1 Å². The Bertz CT molecular complexity index is 459. The number of hydrogen-bond acceptors (Lipinski definition) is 3. The van der Waals surface area contributed by atoms with Crippen molar-refractivity contribution in [3.63, 3.8) is 0 Å². The normalized spacial score (nSPS) is 11.7. The van der Waals surface area contributed by atoms with Crippen LogP contribution >= 0.6 is 43.2 Å². The van der Waals surface area contributed by atoms with E-state index in [-0.39, 0.29) is 6.54 Å². The smallest absolute Gasteiger partial charge is 0.206 e. The van der Waals surface area contributed by atoms with Gasteiger partial charge in [-0.1, -0.05) is 22.5 Å². The summed E-state index contributed by atoms with van der Waals surface area (Å²) in [6.07, 6.45) is 0. The van der Waals surface area contributed by atoms with E-state index in [4.69, 9.17) is 0 Å². The second-order valence-electron chi connectivity index (χ2n) is 2.86. The van der Waals surface area contributed by atoms with E-state index in [1.807, 2.05) is 6.92 Å². The molecule has 15 heavy (non-hydrogen) atoms. The van der Waals surface area contributed by atoms with Gasteiger partial charge in [-0.15, -0.1) is 11.3 Å². The molecule has 1 aromatic heterocycles. The Morgan fingerprint density at radius 3 is 2.67 bits per heavy atom. The van der Waals surface area contributed by atoms with Gasteiger partial charge in [0.25, 0.3) is 0 Å². The number of halogens is 2. The maximum atomic E-state index is 11.7. The molecule has 1 N–H and O–H groups in total. The number of rotatable bonds is 4. The zero-order valence-corrected chi connectivity index (χ0v) is 12.7. The van der Waals surface area contributed by atoms with Crippen LogP contribution in [0.15, 0.2) is 25.1 Å². The maximum absolute atomic E-state index is 11.7. The van der Waals surface area contributed by atoms with Gasteiger partial charge in [0.1, 0.15) is 4.21 Å². The number of nitrogens with one attached hydrogen (secondary N) is 1. The van der Waals surface area contributed by atoms with Crippen LogP contribution in [0.2, 0.25) is 0 Å². The Balaban J connectivity index is 2.91. The topological polar surface area (TPSA) is 46.2 Å². The molecule has 84 valence electrons. The fraction of sp³-hybridized carbons (Fsp3) is 0.250. The molecule has 0 unspecified atom stereocenters. The van der Waals surface area contributed by atoms with Crippen LogP contribution in [0.4, 0.5) is 0 Å². The van der Waals surface area contributed by atoms with E-state index in [0.717, 1.165) is 9.35 Å². The van der Waals surface area contributed by atoms with Gasteiger partial charge in [0.2, 0.25) is 10.0 Å². The molecule has 0 bridgehead atoms. The first kappa shape index (κ1) is 13.4. The molecule has 0 saturated heterocycles. The molecule has 0 atom stereocenters. The van der Waals surface area contributed by atoms with E-state index in [0.29, 0.717) is 8.69 Å². The molecule has 0 saturated carbocycles. The molecule has 0 aliphatic heterocycles. The van der Waals surface area contributed by atoms with Crippen molar-refractivity contribution in [1.29, 1.82) is 0 Å². The van der Waals surface area contributed by atoms with Crippen LogP contribution in [0.5, 0.6) is 0 Å². The van der Waals surface area contributed by atoms with Crippen molar-refractivity contribution in [1.82, 2.24) is 4.72 Å². The van der Waals surface area contributed by atoms with Crippen molar-refractivity contribution < 1.29 is 8.42 Å². The lowest BCUT2D eigenvalue weighted by atomic mass is 10.4. The fourth-order valence-corrected chi connectivity index (χ4v) is 4.43. The minimum absolute atomic E-state index is 0.191. The lowest BCUT2D eigenvalue weighted by Gasteiger charge is -2.02. The molecule has 0 amide bonds. The largest absolute Gasteiger partial charge is 0.250 e. The summed E-state index contributed by atoms with van der Waals surface area (Å²) in [5.74, 6) is 0. The quantitative estimate of drug-likeness (QED) is 0.880. The molecule has 0 spiro atoms. The highest BCUT2D eigenvalue weighted by Crippen LogP contribution is 2.30. The average molecular weight is 375 g/mol. The first-order valence-corrected chi connectivity index (χ1v) is 7.80. The van der Waals surface area contributed by atoms with E-state index < -0.39 is 10.0 Å². The van der Waals surface area contributed by atoms with Gasteiger partial charge in [-0.2, -0.15) is 0 Å². The SMILES string of the molecule is C=C(Br)CNS(=O)(=O)c1cc(C)c(Br)s1. The standard InChI is InChI=1S/C8H9Br2NO2S2/c1-5-3-7(14-8(5)10)15(12,13)11-4-6(2)9/h3,11H,2,4H2,1H3. The summed E-state index contributed by atoms with van der Waals surface area (Å²) < 4.78 is 27.6. The highest BCUT2D eigenvalue weighted by atomic mass is 79.9. The minimum Gasteiger partial charge on any atom is -0.206 e. The molecule has 1 rings (SSSR count). The first-order chi connectivity index (χ1) is 6.83. The van der Waals surface area contributed by atoms with Crippen LogP contribution in [-0.4, -0.2) is 15.0 Å². The van der Waals surface area contributed by atoms with Gasteiger partial charge in [-0.05, 0) is 34.5 Å². The number of thiophene rings is 1. The summed E-state index contributed by atoms with van der Waals surface area (Å²) in [5, 5.41) is 0. The predicted molar refractivity (Wildman–Crippen MR) is 70.0 cm³/mol. The van der Waals surface area contributed by atoms with Crippen LogP contribution < -0.4 is 4.72 Å². The Morgan fingerprint density at radius 2 is 2.27 bits per heavy atom. The van der Waals surface area contributed by atoms with E-state index in [2.05, 4.69) is 43.2 Å². The zero-order chi connectivity index (χ0) is 11.6. The molecule has 0 radical (unpaired) electrons. The minimum atomic E-state index is -3.41. The van der Waals surface area contributed by atoms with E-state index in [1.165, 1.54) is 11.3 Å². The van der Waals surface area contributed by atoms with Crippen molar-refractivity contribution >= 4 is 53.2 Å². The fourth-order valence-electron chi connectivity index (χ4n) is 0.809. The van der Waals surface area contributed by atoms with E-state index in [1.54, 1.807) is 6.07 Å². The Labute approximate surface area is 110 Å². The third-order valence-corrected chi connectivity index (χ3v) is 5.85. The Kier molecular flexibility index (Phi) is 4.54. The third-order valence-electron chi connectivity index (χ3n) is 1.55. The van der Waals surface area contributed by atoms with Gasteiger partial charge < -0.3 is 0 Å². The Morgan fingerprint density at radius 1 is 1.67 bits per heavy atom. The van der Waals surface area contributed by atoms with Gasteiger partial charge in [-0.25, -0.2) is 13.1 Å². The number of aryl methyl sites for hydroxylation is 1. The van der Waals surface area contributed by atoms with E-state index >= 15 is 0 Å². The predicted octanol–water partition coefficient (Wildman–Crippen LogP) is 3.01. The molecule has 1 heterocycles. The van der Waals surface area contributed by atoms with Gasteiger partial charge in [0.15, 0.2) is 0 Å². The second kappa shape index (κ2) is 5.09. The molecule has 3 nitrogen and oxygen atoms in total. The molecule has 0 fully saturated rings. The lowest BCUT2D eigenvalue weighted by Crippen LogP contribution is -2.23. The number of sulfonamides is 1. The maximum Gasteiger partial charge on any atom is 0.250 e. The van der Waals surface area contributed by atoms with Crippen LogP contribution in [0.1, 0.15) is 5.56 Å². The molecule has 1 aromatic rings. The molecule has 0 aromatic carbocycles. The molecule has 0 aliphatic carbocycles. The van der Waals surface area contributed by atoms with Crippen molar-refractivity contribution in [3.8, 4) is 0 Å². The lowest BCUT2D eigenvalue weighted by molar-refractivity contribution is 0.587. The molecular weight excluding hydrogens is 366 g/mol. The van der Waals surface area contributed by atoms with Crippen molar-refractivity contribution in [3.05, 3.63) is 26.5 Å². The Hall–Kier alpha value is 0.310. The zero-order valence-electron chi connectivity index (χ0n) is 7.88. The van der Waals surface area contributed by atoms with Gasteiger partial charge in [-0.3, -0.25) is 0 Å². The highest BCUT2D eigenvalue weighted by molar-refractivity contribution is 9.11. The summed E-state index contributed by atoms with van der Waals surface area (Å²) in [4.78, 5) is 0. The first-order valence-electron chi connectivity index (χ1n) is 3.92. The van der Waals surface area contributed by atoms with Crippen molar-refractivity contribution in [2.75, 3.05) is 6.54 Å². The van der Waals surface area contributed by atoms with Crippen molar-refractivity contribution in [2.24, 2.45) is 0 Å². The summed E-state index contributed by atoms with van der Waals surface area (Å²) in [6.45, 7) is 5.60. The van der Waals surface area contributed by atoms with Crippen LogP contribution in [0.3, 0.4) is 0 Å². The number of hydrogen-bond donors (Lipinski definition) is 1. The third kappa shape index (κ3) is 3.67. The monoisotopic (exact) mass is 373 g/mol. The summed E-state index contributed by atoms with van der Waals surface area (Å²) in [6, 6.07) is 1.63. The molecular formula is C8H9Br2NO2S2. The van der Waals surface area contributed by atoms with Gasteiger partial charge in [0.05, 0.1) is 3.79 Å². The summed E-state index contributed by atoms with van der Waals surface area (Å²) in [7, 11) is -3.41.